The van der Waals surface area contributed by atoms with Gasteiger partial charge in [-0.3, -0.25) is 14.6 Å². The number of nitrogens with one attached hydrogen (secondary N) is 1. The Bertz CT molecular complexity index is 979. The van der Waals surface area contributed by atoms with Gasteiger partial charge in [-0.05, 0) is 51.3 Å². The smallest absolute Gasteiger partial charge is 0.271 e. The van der Waals surface area contributed by atoms with Crippen molar-refractivity contribution in [3.63, 3.8) is 0 Å². The van der Waals surface area contributed by atoms with Crippen molar-refractivity contribution in [2.75, 3.05) is 6.61 Å². The van der Waals surface area contributed by atoms with Crippen LogP contribution in [0.15, 0.2) is 28.0 Å². The average Bonchev–Trinajstić information content (AvgIpc) is 2.92. The highest BCUT2D eigenvalue weighted by molar-refractivity contribution is 8.14. The van der Waals surface area contributed by atoms with Crippen LogP contribution in [0.5, 0.6) is 5.75 Å². The van der Waals surface area contributed by atoms with E-state index in [4.69, 9.17) is 21.3 Å². The van der Waals surface area contributed by atoms with Crippen LogP contribution in [0.3, 0.4) is 0 Å². The lowest BCUT2D eigenvalue weighted by Gasteiger charge is -2.36. The Kier molecular flexibility index (Phi) is 4.64. The molecule has 2 aliphatic heterocycles. The maximum atomic E-state index is 12.9. The van der Waals surface area contributed by atoms with Gasteiger partial charge >= 0.3 is 0 Å². The summed E-state index contributed by atoms with van der Waals surface area (Å²) in [4.78, 5) is 17.6. The SMILES string of the molecule is CC1=Nc2c(c(=O)[nH]n2[C@@H]2CCOC(C)(C)C2)[C@@H](c2ccc(O)c(Cl)c2)S1. The first-order chi connectivity index (χ1) is 12.7. The molecule has 27 heavy (non-hydrogen) atoms. The van der Waals surface area contributed by atoms with Crippen LogP contribution in [0.25, 0.3) is 0 Å². The van der Waals surface area contributed by atoms with Gasteiger partial charge in [-0.2, -0.15) is 0 Å². The highest BCUT2D eigenvalue weighted by Crippen LogP contribution is 2.46. The summed E-state index contributed by atoms with van der Waals surface area (Å²) in [5, 5.41) is 13.7. The lowest BCUT2D eigenvalue weighted by molar-refractivity contribution is -0.0705. The molecular formula is C19H22ClN3O3S. The number of halogens is 1. The molecule has 2 N–H and O–H groups in total. The van der Waals surface area contributed by atoms with Crippen molar-refractivity contribution < 1.29 is 9.84 Å². The van der Waals surface area contributed by atoms with Crippen molar-refractivity contribution in [3.8, 4) is 5.75 Å². The standard InChI is InChI=1S/C19H22ClN3O3S/c1-10-21-17-15(16(27-10)11-4-5-14(24)13(20)8-11)18(25)22-23(17)12-6-7-26-19(2,3)9-12/h4-5,8,12,16,24H,6-7,9H2,1-3H3,(H,22,25)/t12-,16-/m1/s1. The van der Waals surface area contributed by atoms with Gasteiger partial charge in [0.15, 0.2) is 5.82 Å². The number of phenols is 1. The molecule has 8 heteroatoms. The molecule has 0 unspecified atom stereocenters. The van der Waals surface area contributed by atoms with Crippen LogP contribution in [0, 0.1) is 0 Å². The van der Waals surface area contributed by atoms with Crippen molar-refractivity contribution in [2.24, 2.45) is 4.99 Å². The summed E-state index contributed by atoms with van der Waals surface area (Å²) in [6.07, 6.45) is 1.64. The number of thioether (sulfide) groups is 1. The third-order valence-electron chi connectivity index (χ3n) is 5.06. The number of nitrogens with zero attached hydrogens (tertiary/aromatic N) is 2. The van der Waals surface area contributed by atoms with Gasteiger partial charge in [0, 0.05) is 6.61 Å². The van der Waals surface area contributed by atoms with Gasteiger partial charge in [0.25, 0.3) is 5.56 Å². The summed E-state index contributed by atoms with van der Waals surface area (Å²) < 4.78 is 7.74. The van der Waals surface area contributed by atoms with E-state index in [0.717, 1.165) is 23.4 Å². The molecule has 0 spiro atoms. The average molecular weight is 408 g/mol. The molecule has 1 saturated heterocycles. The molecule has 1 aromatic carbocycles. The van der Waals surface area contributed by atoms with Crippen LogP contribution in [-0.4, -0.2) is 32.1 Å². The van der Waals surface area contributed by atoms with Crippen LogP contribution < -0.4 is 5.56 Å². The van der Waals surface area contributed by atoms with Crippen LogP contribution >= 0.6 is 23.4 Å². The summed E-state index contributed by atoms with van der Waals surface area (Å²) in [7, 11) is 0. The topological polar surface area (TPSA) is 79.6 Å². The Morgan fingerprint density at radius 3 is 2.93 bits per heavy atom. The van der Waals surface area contributed by atoms with Crippen molar-refractivity contribution in [1.82, 2.24) is 9.78 Å². The van der Waals surface area contributed by atoms with E-state index in [0.29, 0.717) is 18.0 Å². The molecule has 0 saturated carbocycles. The maximum Gasteiger partial charge on any atom is 0.271 e. The number of aromatic nitrogens is 2. The number of aliphatic imine (C=N–C) groups is 1. The normalized spacial score (nSPS) is 24.4. The Balaban J connectivity index is 1.80. The minimum absolute atomic E-state index is 0.0303. The first-order valence-electron chi connectivity index (χ1n) is 8.94. The third kappa shape index (κ3) is 3.44. The molecule has 0 aliphatic carbocycles. The van der Waals surface area contributed by atoms with Crippen LogP contribution in [0.4, 0.5) is 5.82 Å². The molecule has 3 heterocycles. The number of aromatic hydroxyl groups is 1. The maximum absolute atomic E-state index is 12.9. The molecular weight excluding hydrogens is 386 g/mol. The summed E-state index contributed by atoms with van der Waals surface area (Å²) in [5.41, 5.74) is 1.14. The number of phenolic OH excluding ortho intramolecular Hbond substituents is 1. The fourth-order valence-corrected chi connectivity index (χ4v) is 5.10. The highest BCUT2D eigenvalue weighted by Gasteiger charge is 2.35. The largest absolute Gasteiger partial charge is 0.506 e. The second kappa shape index (κ2) is 6.72. The van der Waals surface area contributed by atoms with Crippen molar-refractivity contribution in [1.29, 1.82) is 0 Å². The quantitative estimate of drug-likeness (QED) is 0.765. The minimum Gasteiger partial charge on any atom is -0.506 e. The molecule has 0 bridgehead atoms. The number of hydrogen-bond acceptors (Lipinski definition) is 5. The molecule has 144 valence electrons. The number of rotatable bonds is 2. The van der Waals surface area contributed by atoms with Gasteiger partial charge < -0.3 is 9.84 Å². The van der Waals surface area contributed by atoms with Crippen molar-refractivity contribution in [3.05, 3.63) is 44.7 Å². The van der Waals surface area contributed by atoms with E-state index in [9.17, 15) is 9.90 Å². The second-order valence-corrected chi connectivity index (χ2v) is 9.35. The van der Waals surface area contributed by atoms with Gasteiger partial charge in [-0.15, -0.1) is 0 Å². The molecule has 6 nitrogen and oxygen atoms in total. The predicted molar refractivity (Wildman–Crippen MR) is 109 cm³/mol. The Labute approximate surface area is 166 Å². The molecule has 0 radical (unpaired) electrons. The molecule has 2 aromatic rings. The Morgan fingerprint density at radius 1 is 1.44 bits per heavy atom. The molecule has 1 aromatic heterocycles. The lowest BCUT2D eigenvalue weighted by Crippen LogP contribution is -2.35. The lowest BCUT2D eigenvalue weighted by atomic mass is 9.94. The minimum atomic E-state index is -0.233. The Morgan fingerprint density at radius 2 is 2.22 bits per heavy atom. The first-order valence-corrected chi connectivity index (χ1v) is 10.2. The summed E-state index contributed by atoms with van der Waals surface area (Å²) in [5.74, 6) is 0.718. The van der Waals surface area contributed by atoms with E-state index >= 15 is 0 Å². The monoisotopic (exact) mass is 407 g/mol. The molecule has 4 rings (SSSR count). The van der Waals surface area contributed by atoms with Gasteiger partial charge in [-0.25, -0.2) is 4.99 Å². The van der Waals surface area contributed by atoms with Crippen LogP contribution in [0.1, 0.15) is 56.0 Å². The zero-order valence-electron chi connectivity index (χ0n) is 15.5. The van der Waals surface area contributed by atoms with E-state index in [1.54, 1.807) is 18.2 Å². The van der Waals surface area contributed by atoms with Gasteiger partial charge in [-0.1, -0.05) is 29.4 Å². The van der Waals surface area contributed by atoms with Crippen molar-refractivity contribution >= 4 is 34.2 Å². The number of ether oxygens (including phenoxy) is 1. The van der Waals surface area contributed by atoms with Gasteiger partial charge in [0.1, 0.15) is 5.75 Å². The van der Waals surface area contributed by atoms with E-state index in [-0.39, 0.29) is 33.2 Å². The third-order valence-corrected chi connectivity index (χ3v) is 6.54. The second-order valence-electron chi connectivity index (χ2n) is 7.64. The fraction of sp³-hybridized carbons (Fsp3) is 0.474. The molecule has 2 aliphatic rings. The number of aromatic amines is 1. The number of H-pyrrole nitrogens is 1. The van der Waals surface area contributed by atoms with E-state index in [1.165, 1.54) is 11.8 Å². The first kappa shape index (κ1) is 18.7. The summed E-state index contributed by atoms with van der Waals surface area (Å²) >= 11 is 7.62. The molecule has 2 atom stereocenters. The van der Waals surface area contributed by atoms with Crippen molar-refractivity contribution in [2.45, 2.75) is 50.5 Å². The fourth-order valence-electron chi connectivity index (χ4n) is 3.81. The van der Waals surface area contributed by atoms with Crippen LogP contribution in [-0.2, 0) is 4.74 Å². The zero-order chi connectivity index (χ0) is 19.3. The molecule has 0 amide bonds. The van der Waals surface area contributed by atoms with Gasteiger partial charge in [0.05, 0.1) is 32.5 Å². The van der Waals surface area contributed by atoms with Gasteiger partial charge in [0.2, 0.25) is 0 Å². The van der Waals surface area contributed by atoms with E-state index in [2.05, 4.69) is 18.9 Å². The van der Waals surface area contributed by atoms with E-state index in [1.807, 2.05) is 11.6 Å². The Hall–Kier alpha value is -1.70. The van der Waals surface area contributed by atoms with E-state index < -0.39 is 0 Å². The highest BCUT2D eigenvalue weighted by atomic mass is 35.5. The van der Waals surface area contributed by atoms with Crippen LogP contribution in [0.2, 0.25) is 5.02 Å². The predicted octanol–water partition coefficient (Wildman–Crippen LogP) is 4.55. The zero-order valence-corrected chi connectivity index (χ0v) is 17.0. The number of fused-ring (bicyclic) bond motifs is 1. The number of benzene rings is 1. The summed E-state index contributed by atoms with van der Waals surface area (Å²) in [6, 6.07) is 5.21. The number of hydrogen-bond donors (Lipinski definition) is 2. The molecule has 1 fully saturated rings. The summed E-state index contributed by atoms with van der Waals surface area (Å²) in [6.45, 7) is 6.73.